The second kappa shape index (κ2) is 6.55. The summed E-state index contributed by atoms with van der Waals surface area (Å²) in [6.45, 7) is 3.68. The van der Waals surface area contributed by atoms with Crippen LogP contribution in [0.2, 0.25) is 5.02 Å². The van der Waals surface area contributed by atoms with Crippen LogP contribution in [0.4, 0.5) is 0 Å². The van der Waals surface area contributed by atoms with E-state index in [0.717, 1.165) is 6.42 Å². The van der Waals surface area contributed by atoms with Crippen LogP contribution in [-0.2, 0) is 9.84 Å². The van der Waals surface area contributed by atoms with E-state index in [2.05, 4.69) is 0 Å². The first-order chi connectivity index (χ1) is 8.45. The molecule has 0 heterocycles. The molecule has 0 saturated carbocycles. The number of halogens is 1. The van der Waals surface area contributed by atoms with E-state index in [1.807, 2.05) is 6.92 Å². The summed E-state index contributed by atoms with van der Waals surface area (Å²) in [6, 6.07) is 6.36. The number of aliphatic hydroxyl groups excluding tert-OH is 1. The van der Waals surface area contributed by atoms with Crippen molar-refractivity contribution >= 4 is 21.4 Å². The van der Waals surface area contributed by atoms with Crippen molar-refractivity contribution in [3.8, 4) is 0 Å². The van der Waals surface area contributed by atoms with Gasteiger partial charge in [0.15, 0.2) is 9.84 Å². The molecule has 2 atom stereocenters. The monoisotopic (exact) mass is 290 g/mol. The van der Waals surface area contributed by atoms with Gasteiger partial charge >= 0.3 is 0 Å². The summed E-state index contributed by atoms with van der Waals surface area (Å²) in [5, 5.41) is 9.39. The highest BCUT2D eigenvalue weighted by Crippen LogP contribution is 2.28. The summed E-state index contributed by atoms with van der Waals surface area (Å²) in [5.41, 5.74) is 0. The van der Waals surface area contributed by atoms with Gasteiger partial charge in [0.1, 0.15) is 0 Å². The molecule has 5 heteroatoms. The van der Waals surface area contributed by atoms with Gasteiger partial charge in [0.05, 0.1) is 21.3 Å². The van der Waals surface area contributed by atoms with E-state index in [1.54, 1.807) is 25.1 Å². The third-order valence-corrected chi connectivity index (χ3v) is 5.81. The zero-order chi connectivity index (χ0) is 13.8. The Balaban J connectivity index is 3.15. The number of hydrogen-bond acceptors (Lipinski definition) is 3. The normalized spacial score (nSPS) is 15.3. The van der Waals surface area contributed by atoms with E-state index in [1.165, 1.54) is 6.07 Å². The molecule has 2 unspecified atom stereocenters. The second-order valence-corrected chi connectivity index (χ2v) is 6.82. The van der Waals surface area contributed by atoms with Crippen molar-refractivity contribution in [3.63, 3.8) is 0 Å². The standard InChI is InChI=1S/C13H19ClO3S/c1-3-7-11(15)12(4-2)18(16,17)13-9-6-5-8-10(13)14/h5-6,8-9,11-12,15H,3-4,7H2,1-2H3. The Morgan fingerprint density at radius 1 is 1.28 bits per heavy atom. The van der Waals surface area contributed by atoms with Crippen LogP contribution in [-0.4, -0.2) is 24.9 Å². The van der Waals surface area contributed by atoms with Crippen LogP contribution in [0.3, 0.4) is 0 Å². The fourth-order valence-electron chi connectivity index (χ4n) is 2.02. The quantitative estimate of drug-likeness (QED) is 0.876. The molecular formula is C13H19ClO3S. The molecule has 3 nitrogen and oxygen atoms in total. The summed E-state index contributed by atoms with van der Waals surface area (Å²) in [6.07, 6.45) is 0.744. The van der Waals surface area contributed by atoms with Crippen molar-refractivity contribution in [1.29, 1.82) is 0 Å². The average Bonchev–Trinajstić information content (AvgIpc) is 2.30. The predicted octanol–water partition coefficient (Wildman–Crippen LogP) is 3.05. The Morgan fingerprint density at radius 2 is 1.89 bits per heavy atom. The lowest BCUT2D eigenvalue weighted by Gasteiger charge is -2.22. The summed E-state index contributed by atoms with van der Waals surface area (Å²) >= 11 is 5.93. The maximum atomic E-state index is 12.5. The smallest absolute Gasteiger partial charge is 0.185 e. The van der Waals surface area contributed by atoms with Crippen LogP contribution < -0.4 is 0 Å². The van der Waals surface area contributed by atoms with Gasteiger partial charge < -0.3 is 5.11 Å². The number of hydrogen-bond donors (Lipinski definition) is 1. The van der Waals surface area contributed by atoms with Crippen molar-refractivity contribution in [2.24, 2.45) is 0 Å². The molecule has 0 bridgehead atoms. The third kappa shape index (κ3) is 3.25. The molecule has 0 spiro atoms. The van der Waals surface area contributed by atoms with Crippen LogP contribution in [0.25, 0.3) is 0 Å². The molecule has 0 radical (unpaired) electrons. The molecule has 18 heavy (non-hydrogen) atoms. The largest absolute Gasteiger partial charge is 0.392 e. The zero-order valence-corrected chi connectivity index (χ0v) is 12.2. The molecular weight excluding hydrogens is 272 g/mol. The molecule has 0 fully saturated rings. The summed E-state index contributed by atoms with van der Waals surface area (Å²) in [4.78, 5) is 0.105. The fourth-order valence-corrected chi connectivity index (χ4v) is 4.40. The fraction of sp³-hybridized carbons (Fsp3) is 0.538. The van der Waals surface area contributed by atoms with Gasteiger partial charge in [0.2, 0.25) is 0 Å². The molecule has 1 rings (SSSR count). The highest BCUT2D eigenvalue weighted by Gasteiger charge is 2.33. The maximum Gasteiger partial charge on any atom is 0.185 e. The molecule has 0 aliphatic heterocycles. The zero-order valence-electron chi connectivity index (χ0n) is 10.6. The molecule has 0 aromatic heterocycles. The number of benzene rings is 1. The van der Waals surface area contributed by atoms with Gasteiger partial charge in [-0.3, -0.25) is 0 Å². The highest BCUT2D eigenvalue weighted by molar-refractivity contribution is 7.92. The molecule has 0 saturated heterocycles. The van der Waals surface area contributed by atoms with Gasteiger partial charge in [-0.1, -0.05) is 44.0 Å². The third-order valence-electron chi connectivity index (χ3n) is 2.96. The number of aliphatic hydroxyl groups is 1. The van der Waals surface area contributed by atoms with Gasteiger partial charge in [0, 0.05) is 0 Å². The van der Waals surface area contributed by atoms with E-state index < -0.39 is 21.2 Å². The Morgan fingerprint density at radius 3 is 2.39 bits per heavy atom. The van der Waals surface area contributed by atoms with Crippen molar-refractivity contribution < 1.29 is 13.5 Å². The van der Waals surface area contributed by atoms with Gasteiger partial charge in [-0.05, 0) is 25.0 Å². The van der Waals surface area contributed by atoms with Crippen LogP contribution in [0.5, 0.6) is 0 Å². The van der Waals surface area contributed by atoms with Crippen molar-refractivity contribution in [1.82, 2.24) is 0 Å². The topological polar surface area (TPSA) is 54.4 Å². The Kier molecular flexibility index (Phi) is 5.63. The van der Waals surface area contributed by atoms with Gasteiger partial charge in [-0.25, -0.2) is 8.42 Å². The molecule has 1 aromatic rings. The van der Waals surface area contributed by atoms with Crippen LogP contribution in [0, 0.1) is 0 Å². The lowest BCUT2D eigenvalue weighted by atomic mass is 10.1. The first-order valence-corrected chi connectivity index (χ1v) is 8.04. The van der Waals surface area contributed by atoms with Crippen molar-refractivity contribution in [2.45, 2.75) is 49.4 Å². The first kappa shape index (κ1) is 15.5. The summed E-state index contributed by atoms with van der Waals surface area (Å²) in [5.74, 6) is 0. The Bertz CT molecular complexity index is 485. The first-order valence-electron chi connectivity index (χ1n) is 6.11. The number of sulfone groups is 1. The highest BCUT2D eigenvalue weighted by atomic mass is 35.5. The van der Waals surface area contributed by atoms with Crippen LogP contribution in [0.15, 0.2) is 29.2 Å². The van der Waals surface area contributed by atoms with Crippen LogP contribution >= 0.6 is 11.6 Å². The lowest BCUT2D eigenvalue weighted by Crippen LogP contribution is -2.33. The maximum absolute atomic E-state index is 12.5. The van der Waals surface area contributed by atoms with Crippen molar-refractivity contribution in [2.75, 3.05) is 0 Å². The molecule has 1 aromatic carbocycles. The summed E-state index contributed by atoms with van der Waals surface area (Å²) in [7, 11) is -3.59. The molecule has 0 amide bonds. The average molecular weight is 291 g/mol. The van der Waals surface area contributed by atoms with Crippen molar-refractivity contribution in [3.05, 3.63) is 29.3 Å². The van der Waals surface area contributed by atoms with Gasteiger partial charge in [0.25, 0.3) is 0 Å². The minimum Gasteiger partial charge on any atom is -0.392 e. The minimum absolute atomic E-state index is 0.105. The van der Waals surface area contributed by atoms with Gasteiger partial charge in [-0.2, -0.15) is 0 Å². The van der Waals surface area contributed by atoms with E-state index >= 15 is 0 Å². The number of rotatable bonds is 6. The summed E-state index contributed by atoms with van der Waals surface area (Å²) < 4.78 is 24.9. The predicted molar refractivity (Wildman–Crippen MR) is 73.6 cm³/mol. The van der Waals surface area contributed by atoms with E-state index in [0.29, 0.717) is 12.8 Å². The molecule has 0 aliphatic carbocycles. The van der Waals surface area contributed by atoms with Crippen LogP contribution in [0.1, 0.15) is 33.1 Å². The van der Waals surface area contributed by atoms with E-state index in [4.69, 9.17) is 11.6 Å². The SMILES string of the molecule is CCCC(O)C(CC)S(=O)(=O)c1ccccc1Cl. The molecule has 0 aliphatic rings. The van der Waals surface area contributed by atoms with Gasteiger partial charge in [-0.15, -0.1) is 0 Å². The Hall–Kier alpha value is -0.580. The van der Waals surface area contributed by atoms with E-state index in [-0.39, 0.29) is 9.92 Å². The second-order valence-electron chi connectivity index (χ2n) is 4.28. The molecule has 102 valence electrons. The lowest BCUT2D eigenvalue weighted by molar-refractivity contribution is 0.155. The van der Waals surface area contributed by atoms with E-state index in [9.17, 15) is 13.5 Å². The minimum atomic E-state index is -3.59. The Labute approximate surface area is 114 Å². The molecule has 1 N–H and O–H groups in total.